The van der Waals surface area contributed by atoms with Gasteiger partial charge in [0.25, 0.3) is 0 Å². The van der Waals surface area contributed by atoms with Crippen molar-refractivity contribution >= 4 is 30.5 Å². The number of aromatic hydroxyl groups is 2. The first-order valence-corrected chi connectivity index (χ1v) is 12.4. The molecule has 0 amide bonds. The maximum Gasteiger partial charge on any atom is 0.555 e. The number of aliphatic imine (C=N–C) groups is 1. The number of benzene rings is 4. The van der Waals surface area contributed by atoms with Crippen LogP contribution in [0.15, 0.2) is 126 Å². The molecule has 2 aliphatic heterocycles. The minimum Gasteiger partial charge on any atom is -0.508 e. The zero-order valence-electron chi connectivity index (χ0n) is 20.4. The minimum atomic E-state index is 0.228. The largest absolute Gasteiger partial charge is 0.555 e. The first-order chi connectivity index (χ1) is 18.7. The number of hydrogen-bond donors (Lipinski definition) is 2. The lowest BCUT2D eigenvalue weighted by Crippen LogP contribution is -2.34. The fourth-order valence-electron chi connectivity index (χ4n) is 5.08. The SMILES string of the molecule is Oc1ccc(C2=[N+]3[B]n4c(-c5ccc(O)cc5)cc(-c5ccccc5)c4N=C3C(c3ccccc3)=C2)cc1. The Morgan fingerprint density at radius 1 is 0.632 bits per heavy atom. The number of phenolic OH excluding ortho intramolecular Hbond substituents is 2. The number of phenols is 2. The number of rotatable bonds is 4. The van der Waals surface area contributed by atoms with E-state index in [0.717, 1.165) is 56.4 Å². The van der Waals surface area contributed by atoms with Crippen molar-refractivity contribution in [2.24, 2.45) is 4.99 Å². The zero-order chi connectivity index (χ0) is 25.6. The summed E-state index contributed by atoms with van der Waals surface area (Å²) in [6.45, 7) is 0. The average Bonchev–Trinajstić information content (AvgIpc) is 3.52. The van der Waals surface area contributed by atoms with Crippen LogP contribution in [-0.2, 0) is 0 Å². The molecule has 5 nitrogen and oxygen atoms in total. The highest BCUT2D eigenvalue weighted by Crippen LogP contribution is 2.41. The normalized spacial score (nSPS) is 13.9. The fraction of sp³-hybridized carbons (Fsp3) is 0. The Balaban J connectivity index is 1.48. The molecule has 3 heterocycles. The van der Waals surface area contributed by atoms with Gasteiger partial charge >= 0.3 is 13.4 Å². The second kappa shape index (κ2) is 8.78. The highest BCUT2D eigenvalue weighted by Gasteiger charge is 2.40. The van der Waals surface area contributed by atoms with Gasteiger partial charge in [-0.15, -0.1) is 0 Å². The molecule has 0 saturated carbocycles. The molecule has 0 spiro atoms. The minimum absolute atomic E-state index is 0.228. The molecule has 0 unspecified atom stereocenters. The van der Waals surface area contributed by atoms with Gasteiger partial charge in [0, 0.05) is 11.3 Å². The number of nitrogens with zero attached hydrogens (tertiary/aromatic N) is 3. The van der Waals surface area contributed by atoms with Crippen molar-refractivity contribution in [3.63, 3.8) is 0 Å². The molecule has 2 N–H and O–H groups in total. The van der Waals surface area contributed by atoms with Crippen molar-refractivity contribution in [3.05, 3.63) is 132 Å². The van der Waals surface area contributed by atoms with Crippen molar-refractivity contribution in [2.75, 3.05) is 0 Å². The van der Waals surface area contributed by atoms with Crippen LogP contribution in [0.5, 0.6) is 11.5 Å². The summed E-state index contributed by atoms with van der Waals surface area (Å²) in [5.41, 5.74) is 8.12. The number of fused-ring (bicyclic) bond motifs is 2. The van der Waals surface area contributed by atoms with Gasteiger partial charge in [0.1, 0.15) is 17.2 Å². The van der Waals surface area contributed by atoms with Gasteiger partial charge in [-0.2, -0.15) is 0 Å². The van der Waals surface area contributed by atoms with Crippen molar-refractivity contribution in [3.8, 4) is 33.9 Å². The lowest BCUT2D eigenvalue weighted by Gasteiger charge is -2.14. The number of hydrogen-bond acceptors (Lipinski definition) is 3. The summed E-state index contributed by atoms with van der Waals surface area (Å²) in [6, 6.07) is 37.2. The molecule has 4 aromatic carbocycles. The Bertz CT molecular complexity index is 1770. The predicted octanol–water partition coefficient (Wildman–Crippen LogP) is 6.26. The monoisotopic (exact) mass is 491 g/mol. The number of allylic oxidation sites excluding steroid dienone is 1. The third-order valence-electron chi connectivity index (χ3n) is 6.96. The van der Waals surface area contributed by atoms with E-state index in [2.05, 4.69) is 52.9 Å². The van der Waals surface area contributed by atoms with Crippen LogP contribution < -0.4 is 0 Å². The van der Waals surface area contributed by atoms with E-state index in [1.54, 1.807) is 24.3 Å². The van der Waals surface area contributed by atoms with Crippen molar-refractivity contribution in [1.29, 1.82) is 0 Å². The van der Waals surface area contributed by atoms with Crippen LogP contribution in [0.1, 0.15) is 11.1 Å². The Hall–Kier alpha value is -5.10. The molecule has 1 aromatic heterocycles. The van der Waals surface area contributed by atoms with E-state index in [9.17, 15) is 10.2 Å². The molecular weight excluding hydrogens is 469 g/mol. The zero-order valence-corrected chi connectivity index (χ0v) is 20.4. The van der Waals surface area contributed by atoms with Crippen LogP contribution in [-0.4, -0.2) is 38.3 Å². The smallest absolute Gasteiger partial charge is 0.508 e. The summed E-state index contributed by atoms with van der Waals surface area (Å²) >= 11 is 0. The molecular formula is C32H22BN3O2+. The van der Waals surface area contributed by atoms with Gasteiger partial charge in [-0.1, -0.05) is 60.7 Å². The number of amidine groups is 1. The molecule has 2 aliphatic rings. The molecule has 0 saturated heterocycles. The van der Waals surface area contributed by atoms with E-state index in [4.69, 9.17) is 4.99 Å². The van der Waals surface area contributed by atoms with Gasteiger partial charge in [0.2, 0.25) is 5.82 Å². The average molecular weight is 491 g/mol. The fourth-order valence-corrected chi connectivity index (χ4v) is 5.08. The van der Waals surface area contributed by atoms with Crippen LogP contribution in [0.2, 0.25) is 0 Å². The summed E-state index contributed by atoms with van der Waals surface area (Å²) in [4.78, 5) is 5.28. The molecule has 179 valence electrons. The topological polar surface area (TPSA) is 60.8 Å². The Morgan fingerprint density at radius 2 is 1.21 bits per heavy atom. The van der Waals surface area contributed by atoms with Crippen LogP contribution in [0, 0.1) is 0 Å². The van der Waals surface area contributed by atoms with Crippen LogP contribution in [0.25, 0.3) is 28.0 Å². The lowest BCUT2D eigenvalue weighted by atomic mass is 10.0. The van der Waals surface area contributed by atoms with E-state index >= 15 is 0 Å². The van der Waals surface area contributed by atoms with Crippen LogP contribution in [0.4, 0.5) is 5.82 Å². The Morgan fingerprint density at radius 3 is 1.84 bits per heavy atom. The third-order valence-corrected chi connectivity index (χ3v) is 6.96. The van der Waals surface area contributed by atoms with Crippen LogP contribution >= 0.6 is 0 Å². The first kappa shape index (κ1) is 22.1. The van der Waals surface area contributed by atoms with E-state index in [-0.39, 0.29) is 11.5 Å². The number of aromatic nitrogens is 1. The maximum absolute atomic E-state index is 9.89. The highest BCUT2D eigenvalue weighted by molar-refractivity contribution is 6.43. The molecule has 5 aromatic rings. The second-order valence-corrected chi connectivity index (χ2v) is 9.33. The quantitative estimate of drug-likeness (QED) is 0.292. The van der Waals surface area contributed by atoms with Gasteiger partial charge in [0.15, 0.2) is 0 Å². The summed E-state index contributed by atoms with van der Waals surface area (Å²) < 4.78 is 4.22. The van der Waals surface area contributed by atoms with Gasteiger partial charge in [-0.25, -0.2) is 0 Å². The second-order valence-electron chi connectivity index (χ2n) is 9.33. The van der Waals surface area contributed by atoms with Gasteiger partial charge in [0.05, 0.1) is 11.1 Å². The molecule has 0 bridgehead atoms. The van der Waals surface area contributed by atoms with E-state index in [1.807, 2.05) is 60.7 Å². The Labute approximate surface area is 220 Å². The summed E-state index contributed by atoms with van der Waals surface area (Å²) in [5, 5.41) is 19.8. The van der Waals surface area contributed by atoms with Crippen molar-refractivity contribution in [1.82, 2.24) is 4.48 Å². The summed E-state index contributed by atoms with van der Waals surface area (Å²) in [5.74, 6) is 2.15. The standard InChI is InChI=1S/C32H22BN3O2/c37-25-15-11-23(12-16-25)29-19-27(21-7-3-1-4-8-21)31-34-32-28(22-9-5-2-6-10-22)20-30(36(32)33-35(29)31)24-13-17-26(38)18-14-24/h1-20,37-38H/q+1. The van der Waals surface area contributed by atoms with Gasteiger partial charge < -0.3 is 14.7 Å². The first-order valence-electron chi connectivity index (χ1n) is 12.4. The van der Waals surface area contributed by atoms with Crippen molar-refractivity contribution in [2.45, 2.75) is 0 Å². The van der Waals surface area contributed by atoms with E-state index in [0.29, 0.717) is 0 Å². The lowest BCUT2D eigenvalue weighted by molar-refractivity contribution is -0.236. The highest BCUT2D eigenvalue weighted by atomic mass is 16.3. The predicted molar refractivity (Wildman–Crippen MR) is 152 cm³/mol. The molecule has 0 fully saturated rings. The van der Waals surface area contributed by atoms with Crippen molar-refractivity contribution < 1.29 is 14.7 Å². The molecule has 38 heavy (non-hydrogen) atoms. The third kappa shape index (κ3) is 3.66. The molecule has 0 aliphatic carbocycles. The molecule has 0 atom stereocenters. The molecule has 1 radical (unpaired) electrons. The molecule has 6 heteroatoms. The molecule has 7 rings (SSSR count). The Kier molecular flexibility index (Phi) is 5.11. The van der Waals surface area contributed by atoms with Crippen LogP contribution in [0.3, 0.4) is 0 Å². The summed E-state index contributed by atoms with van der Waals surface area (Å²) in [7, 11) is 2.08. The van der Waals surface area contributed by atoms with E-state index < -0.39 is 0 Å². The van der Waals surface area contributed by atoms with Gasteiger partial charge in [-0.3, -0.25) is 4.49 Å². The van der Waals surface area contributed by atoms with Gasteiger partial charge in [-0.05, 0) is 82.4 Å². The summed E-state index contributed by atoms with van der Waals surface area (Å²) in [6.07, 6.45) is 2.16. The van der Waals surface area contributed by atoms with E-state index in [1.165, 1.54) is 0 Å². The maximum atomic E-state index is 9.89.